The molecule has 1 N–H and O–H groups in total. The van der Waals surface area contributed by atoms with E-state index in [1.165, 1.54) is 43.4 Å². The van der Waals surface area contributed by atoms with Crippen LogP contribution in [0.25, 0.3) is 0 Å². The highest BCUT2D eigenvalue weighted by atomic mass is 19.1. The molecule has 1 nitrogen and oxygen atoms in total. The molecule has 0 radical (unpaired) electrons. The molecule has 0 spiro atoms. The summed E-state index contributed by atoms with van der Waals surface area (Å²) in [5, 5.41) is 3.58. The summed E-state index contributed by atoms with van der Waals surface area (Å²) in [6.45, 7) is 5.59. The first-order valence-electron chi connectivity index (χ1n) is 7.14. The minimum absolute atomic E-state index is 0.160. The first kappa shape index (κ1) is 13.5. The fourth-order valence-electron chi connectivity index (χ4n) is 2.75. The quantitative estimate of drug-likeness (QED) is 0.838. The Kier molecular flexibility index (Phi) is 4.76. The molecule has 0 bridgehead atoms. The molecule has 0 amide bonds. The minimum Gasteiger partial charge on any atom is -0.310 e. The maximum atomic E-state index is 12.8. The first-order valence-corrected chi connectivity index (χ1v) is 7.14. The van der Waals surface area contributed by atoms with Gasteiger partial charge in [0.1, 0.15) is 5.82 Å². The van der Waals surface area contributed by atoms with Gasteiger partial charge >= 0.3 is 0 Å². The third-order valence-corrected chi connectivity index (χ3v) is 4.22. The van der Waals surface area contributed by atoms with Crippen molar-refractivity contribution in [2.45, 2.75) is 45.6 Å². The zero-order valence-corrected chi connectivity index (χ0v) is 11.5. The van der Waals surface area contributed by atoms with E-state index in [-0.39, 0.29) is 5.82 Å². The Hall–Kier alpha value is -0.890. The second-order valence-electron chi connectivity index (χ2n) is 5.81. The van der Waals surface area contributed by atoms with Crippen LogP contribution in [0.3, 0.4) is 0 Å². The normalized spacial score (nSPS) is 25.9. The standard InChI is InChI=1S/C16H24FN/c1-12-3-5-14(6-4-12)11-18-13(2)15-7-9-16(17)10-8-15/h7-10,12-14,18H,3-6,11H2,1-2H3. The van der Waals surface area contributed by atoms with Crippen molar-refractivity contribution in [3.8, 4) is 0 Å². The summed E-state index contributed by atoms with van der Waals surface area (Å²) in [7, 11) is 0. The third-order valence-electron chi connectivity index (χ3n) is 4.22. The van der Waals surface area contributed by atoms with Crippen LogP contribution < -0.4 is 5.32 Å². The molecule has 1 fully saturated rings. The van der Waals surface area contributed by atoms with Crippen molar-refractivity contribution in [3.63, 3.8) is 0 Å². The molecule has 1 atom stereocenters. The van der Waals surface area contributed by atoms with Crippen LogP contribution in [0.4, 0.5) is 4.39 Å². The lowest BCUT2D eigenvalue weighted by atomic mass is 9.83. The lowest BCUT2D eigenvalue weighted by Crippen LogP contribution is -2.28. The van der Waals surface area contributed by atoms with Gasteiger partial charge in [-0.05, 0) is 55.8 Å². The van der Waals surface area contributed by atoms with Gasteiger partial charge in [0.05, 0.1) is 0 Å². The van der Waals surface area contributed by atoms with Gasteiger partial charge in [0.15, 0.2) is 0 Å². The Morgan fingerprint density at radius 2 is 1.78 bits per heavy atom. The number of hydrogen-bond acceptors (Lipinski definition) is 1. The Morgan fingerprint density at radius 1 is 1.17 bits per heavy atom. The number of rotatable bonds is 4. The molecule has 2 rings (SSSR count). The molecular weight excluding hydrogens is 225 g/mol. The van der Waals surface area contributed by atoms with Gasteiger partial charge in [0, 0.05) is 6.04 Å². The molecule has 1 aromatic rings. The van der Waals surface area contributed by atoms with Gasteiger partial charge in [-0.1, -0.05) is 31.9 Å². The second-order valence-corrected chi connectivity index (χ2v) is 5.81. The molecule has 1 aliphatic carbocycles. The van der Waals surface area contributed by atoms with E-state index in [0.29, 0.717) is 6.04 Å². The highest BCUT2D eigenvalue weighted by Gasteiger charge is 2.18. The monoisotopic (exact) mass is 249 g/mol. The largest absolute Gasteiger partial charge is 0.310 e. The fraction of sp³-hybridized carbons (Fsp3) is 0.625. The van der Waals surface area contributed by atoms with E-state index in [4.69, 9.17) is 0 Å². The summed E-state index contributed by atoms with van der Waals surface area (Å²) < 4.78 is 12.8. The molecule has 100 valence electrons. The summed E-state index contributed by atoms with van der Waals surface area (Å²) in [5.41, 5.74) is 1.17. The van der Waals surface area contributed by atoms with Crippen molar-refractivity contribution in [1.82, 2.24) is 5.32 Å². The summed E-state index contributed by atoms with van der Waals surface area (Å²) in [5.74, 6) is 1.58. The van der Waals surface area contributed by atoms with E-state index in [2.05, 4.69) is 19.2 Å². The van der Waals surface area contributed by atoms with Crippen molar-refractivity contribution in [1.29, 1.82) is 0 Å². The maximum absolute atomic E-state index is 12.8. The highest BCUT2D eigenvalue weighted by Crippen LogP contribution is 2.28. The van der Waals surface area contributed by atoms with Crippen LogP contribution in [0.5, 0.6) is 0 Å². The summed E-state index contributed by atoms with van der Waals surface area (Å²) in [6.07, 6.45) is 5.45. The SMILES string of the molecule is CC1CCC(CNC(C)c2ccc(F)cc2)CC1. The topological polar surface area (TPSA) is 12.0 Å². The van der Waals surface area contributed by atoms with Gasteiger partial charge in [0.2, 0.25) is 0 Å². The average molecular weight is 249 g/mol. The fourth-order valence-corrected chi connectivity index (χ4v) is 2.75. The zero-order chi connectivity index (χ0) is 13.0. The van der Waals surface area contributed by atoms with Crippen molar-refractivity contribution < 1.29 is 4.39 Å². The first-order chi connectivity index (χ1) is 8.65. The average Bonchev–Trinajstić information content (AvgIpc) is 2.38. The van der Waals surface area contributed by atoms with E-state index in [1.807, 2.05) is 12.1 Å². The third kappa shape index (κ3) is 3.81. The Bertz CT molecular complexity index is 352. The Morgan fingerprint density at radius 3 is 2.39 bits per heavy atom. The van der Waals surface area contributed by atoms with Crippen LogP contribution in [0.15, 0.2) is 24.3 Å². The van der Waals surface area contributed by atoms with E-state index in [0.717, 1.165) is 18.4 Å². The molecule has 1 aromatic carbocycles. The summed E-state index contributed by atoms with van der Waals surface area (Å²) >= 11 is 0. The van der Waals surface area contributed by atoms with Gasteiger partial charge in [-0.25, -0.2) is 4.39 Å². The molecule has 0 heterocycles. The van der Waals surface area contributed by atoms with Gasteiger partial charge in [-0.3, -0.25) is 0 Å². The van der Waals surface area contributed by atoms with Crippen LogP contribution in [-0.2, 0) is 0 Å². The molecule has 18 heavy (non-hydrogen) atoms. The molecule has 1 aliphatic rings. The van der Waals surface area contributed by atoms with E-state index in [9.17, 15) is 4.39 Å². The predicted molar refractivity (Wildman–Crippen MR) is 73.9 cm³/mol. The molecule has 1 unspecified atom stereocenters. The maximum Gasteiger partial charge on any atom is 0.123 e. The van der Waals surface area contributed by atoms with Crippen LogP contribution in [0.2, 0.25) is 0 Å². The van der Waals surface area contributed by atoms with Crippen molar-refractivity contribution in [2.24, 2.45) is 11.8 Å². The molecule has 2 heteroatoms. The molecule has 0 saturated heterocycles. The van der Waals surface area contributed by atoms with E-state index >= 15 is 0 Å². The smallest absolute Gasteiger partial charge is 0.123 e. The number of hydrogen-bond donors (Lipinski definition) is 1. The lowest BCUT2D eigenvalue weighted by molar-refractivity contribution is 0.276. The van der Waals surface area contributed by atoms with Crippen LogP contribution >= 0.6 is 0 Å². The molecule has 1 saturated carbocycles. The Balaban J connectivity index is 1.77. The molecular formula is C16H24FN. The van der Waals surface area contributed by atoms with Gasteiger partial charge in [-0.2, -0.15) is 0 Å². The lowest BCUT2D eigenvalue weighted by Gasteiger charge is -2.27. The van der Waals surface area contributed by atoms with Crippen molar-refractivity contribution in [3.05, 3.63) is 35.6 Å². The van der Waals surface area contributed by atoms with Gasteiger partial charge in [0.25, 0.3) is 0 Å². The van der Waals surface area contributed by atoms with Crippen molar-refractivity contribution >= 4 is 0 Å². The highest BCUT2D eigenvalue weighted by molar-refractivity contribution is 5.19. The van der Waals surface area contributed by atoms with Crippen LogP contribution in [-0.4, -0.2) is 6.54 Å². The second kappa shape index (κ2) is 6.33. The van der Waals surface area contributed by atoms with Crippen LogP contribution in [0.1, 0.15) is 51.1 Å². The number of nitrogens with one attached hydrogen (secondary N) is 1. The van der Waals surface area contributed by atoms with E-state index < -0.39 is 0 Å². The number of benzene rings is 1. The molecule has 0 aromatic heterocycles. The Labute approximate surface area is 110 Å². The number of halogens is 1. The summed E-state index contributed by atoms with van der Waals surface area (Å²) in [6, 6.07) is 7.13. The van der Waals surface area contributed by atoms with E-state index in [1.54, 1.807) is 0 Å². The molecule has 0 aliphatic heterocycles. The van der Waals surface area contributed by atoms with Crippen LogP contribution in [0, 0.1) is 17.7 Å². The van der Waals surface area contributed by atoms with Gasteiger partial charge in [-0.15, -0.1) is 0 Å². The minimum atomic E-state index is -0.160. The predicted octanol–water partition coefficient (Wildman–Crippen LogP) is 4.30. The zero-order valence-electron chi connectivity index (χ0n) is 11.5. The van der Waals surface area contributed by atoms with Crippen molar-refractivity contribution in [2.75, 3.05) is 6.54 Å². The summed E-state index contributed by atoms with van der Waals surface area (Å²) in [4.78, 5) is 0. The van der Waals surface area contributed by atoms with Gasteiger partial charge < -0.3 is 5.32 Å².